The van der Waals surface area contributed by atoms with Gasteiger partial charge in [-0.1, -0.05) is 0 Å². The molecule has 5 nitrogen and oxygen atoms in total. The molecule has 0 amide bonds. The van der Waals surface area contributed by atoms with Crippen molar-refractivity contribution in [3.05, 3.63) is 24.0 Å². The maximum absolute atomic E-state index is 11.1. The van der Waals surface area contributed by atoms with E-state index in [2.05, 4.69) is 4.98 Å². The van der Waals surface area contributed by atoms with E-state index in [1.165, 1.54) is 11.6 Å². The van der Waals surface area contributed by atoms with Crippen LogP contribution >= 0.6 is 0 Å². The second-order valence-electron chi connectivity index (χ2n) is 3.11. The highest BCUT2D eigenvalue weighted by Crippen LogP contribution is 2.16. The van der Waals surface area contributed by atoms with Crippen molar-refractivity contribution in [1.29, 1.82) is 0 Å². The number of benzene rings is 1. The van der Waals surface area contributed by atoms with Gasteiger partial charge in [-0.2, -0.15) is 0 Å². The van der Waals surface area contributed by atoms with Crippen LogP contribution in [0.25, 0.3) is 11.0 Å². The van der Waals surface area contributed by atoms with Crippen LogP contribution in [-0.2, 0) is 0 Å². The summed E-state index contributed by atoms with van der Waals surface area (Å²) in [6.45, 7) is 1.42. The summed E-state index contributed by atoms with van der Waals surface area (Å²) in [5, 5.41) is 0. The van der Waals surface area contributed by atoms with Crippen molar-refractivity contribution in [1.82, 2.24) is 9.66 Å². The molecule has 0 atom stereocenters. The van der Waals surface area contributed by atoms with Crippen LogP contribution in [0.15, 0.2) is 18.2 Å². The summed E-state index contributed by atoms with van der Waals surface area (Å²) in [5.41, 5.74) is 7.52. The molecule has 0 bridgehead atoms. The number of nitrogens with zero attached hydrogens (tertiary/aromatic N) is 2. The first kappa shape index (κ1) is 8.55. The molecule has 0 spiro atoms. The maximum atomic E-state index is 11.1. The van der Waals surface area contributed by atoms with E-state index in [0.29, 0.717) is 16.7 Å². The smallest absolute Gasteiger partial charge is 0.196 e. The van der Waals surface area contributed by atoms with Gasteiger partial charge in [0.2, 0.25) is 0 Å². The van der Waals surface area contributed by atoms with Crippen LogP contribution in [0.2, 0.25) is 0 Å². The highest BCUT2D eigenvalue weighted by molar-refractivity contribution is 5.95. The van der Waals surface area contributed by atoms with E-state index < -0.39 is 0 Å². The molecule has 1 aromatic heterocycles. The van der Waals surface area contributed by atoms with E-state index in [4.69, 9.17) is 11.6 Å². The third-order valence-electron chi connectivity index (χ3n) is 2.03. The Hall–Kier alpha value is -2.04. The Morgan fingerprint density at radius 2 is 2.21 bits per heavy atom. The molecule has 0 fully saturated rings. The third-order valence-corrected chi connectivity index (χ3v) is 2.03. The van der Waals surface area contributed by atoms with Gasteiger partial charge in [0, 0.05) is 12.6 Å². The molecule has 72 valence electrons. The molecule has 2 aromatic rings. The second-order valence-corrected chi connectivity index (χ2v) is 3.11. The third kappa shape index (κ3) is 1.10. The number of anilines is 1. The van der Waals surface area contributed by atoms with Crippen molar-refractivity contribution in [2.45, 2.75) is 6.92 Å². The Kier molecular flexibility index (Phi) is 1.67. The first-order valence-electron chi connectivity index (χ1n) is 4.13. The standard InChI is InChI=1S/C9H10N4O/c1-5(14)9-12-7-4-6(10)2-3-8(7)13(9)11/h2-4H,10-11H2,1H3. The van der Waals surface area contributed by atoms with Gasteiger partial charge in [-0.3, -0.25) is 4.79 Å². The van der Waals surface area contributed by atoms with Gasteiger partial charge in [-0.25, -0.2) is 9.66 Å². The zero-order chi connectivity index (χ0) is 10.3. The van der Waals surface area contributed by atoms with Crippen molar-refractivity contribution in [3.8, 4) is 0 Å². The number of hydrogen-bond acceptors (Lipinski definition) is 4. The van der Waals surface area contributed by atoms with Gasteiger partial charge in [0.15, 0.2) is 11.6 Å². The van der Waals surface area contributed by atoms with Crippen LogP contribution in [0.3, 0.4) is 0 Å². The number of nitrogens with two attached hydrogens (primary N) is 2. The van der Waals surface area contributed by atoms with Crippen molar-refractivity contribution < 1.29 is 4.79 Å². The SMILES string of the molecule is CC(=O)c1nc2cc(N)ccc2n1N. The minimum Gasteiger partial charge on any atom is -0.399 e. The van der Waals surface area contributed by atoms with E-state index in [-0.39, 0.29) is 11.6 Å². The van der Waals surface area contributed by atoms with Gasteiger partial charge in [0.05, 0.1) is 11.0 Å². The molecular formula is C9H10N4O. The molecule has 0 aliphatic heterocycles. The number of nitrogen functional groups attached to an aromatic ring is 2. The monoisotopic (exact) mass is 190 g/mol. The average Bonchev–Trinajstić information content (AvgIpc) is 2.43. The average molecular weight is 190 g/mol. The summed E-state index contributed by atoms with van der Waals surface area (Å²) < 4.78 is 1.27. The Bertz CT molecular complexity index is 515. The summed E-state index contributed by atoms with van der Waals surface area (Å²) in [7, 11) is 0. The molecule has 5 heteroatoms. The lowest BCUT2D eigenvalue weighted by atomic mass is 10.3. The highest BCUT2D eigenvalue weighted by Gasteiger charge is 2.11. The lowest BCUT2D eigenvalue weighted by Gasteiger charge is -1.97. The summed E-state index contributed by atoms with van der Waals surface area (Å²) in [6, 6.07) is 5.15. The molecule has 0 saturated carbocycles. The highest BCUT2D eigenvalue weighted by atomic mass is 16.1. The number of rotatable bonds is 1. The van der Waals surface area contributed by atoms with Crippen LogP contribution in [0, 0.1) is 0 Å². The molecule has 14 heavy (non-hydrogen) atoms. The van der Waals surface area contributed by atoms with Crippen molar-refractivity contribution in [2.24, 2.45) is 0 Å². The van der Waals surface area contributed by atoms with Crippen molar-refractivity contribution in [2.75, 3.05) is 11.6 Å². The lowest BCUT2D eigenvalue weighted by molar-refractivity contribution is 0.100. The molecule has 0 aliphatic rings. The predicted octanol–water partition coefficient (Wildman–Crippen LogP) is 0.535. The van der Waals surface area contributed by atoms with E-state index in [9.17, 15) is 4.79 Å². The van der Waals surface area contributed by atoms with Gasteiger partial charge < -0.3 is 11.6 Å². The normalized spacial score (nSPS) is 10.6. The largest absolute Gasteiger partial charge is 0.399 e. The molecular weight excluding hydrogens is 180 g/mol. The maximum Gasteiger partial charge on any atom is 0.196 e. The summed E-state index contributed by atoms with van der Waals surface area (Å²) in [4.78, 5) is 15.2. The number of fused-ring (bicyclic) bond motifs is 1. The first-order chi connectivity index (χ1) is 6.59. The van der Waals surface area contributed by atoms with Crippen molar-refractivity contribution in [3.63, 3.8) is 0 Å². The number of imidazole rings is 1. The number of carbonyl (C=O) groups excluding carboxylic acids is 1. The van der Waals surface area contributed by atoms with Gasteiger partial charge in [0.1, 0.15) is 0 Å². The topological polar surface area (TPSA) is 86.9 Å². The quantitative estimate of drug-likeness (QED) is 0.390. The van der Waals surface area contributed by atoms with Gasteiger partial charge in [-0.15, -0.1) is 0 Å². The van der Waals surface area contributed by atoms with Crippen LogP contribution < -0.4 is 11.6 Å². The number of carbonyl (C=O) groups is 1. The predicted molar refractivity (Wildman–Crippen MR) is 54.3 cm³/mol. The Labute approximate surface area is 80.3 Å². The minimum atomic E-state index is -0.165. The zero-order valence-corrected chi connectivity index (χ0v) is 7.69. The Balaban J connectivity index is 2.79. The number of hydrogen-bond donors (Lipinski definition) is 2. The van der Waals surface area contributed by atoms with Gasteiger partial charge in [-0.05, 0) is 18.2 Å². The number of ketones is 1. The van der Waals surface area contributed by atoms with E-state index in [1.54, 1.807) is 18.2 Å². The second kappa shape index (κ2) is 2.73. The van der Waals surface area contributed by atoms with Gasteiger partial charge in [0.25, 0.3) is 0 Å². The molecule has 0 aliphatic carbocycles. The fourth-order valence-electron chi connectivity index (χ4n) is 1.36. The number of aromatic nitrogens is 2. The summed E-state index contributed by atoms with van der Waals surface area (Å²) in [5.74, 6) is 5.76. The Morgan fingerprint density at radius 3 is 2.86 bits per heavy atom. The molecule has 2 rings (SSSR count). The minimum absolute atomic E-state index is 0.165. The summed E-state index contributed by atoms with van der Waals surface area (Å²) in [6.07, 6.45) is 0. The van der Waals surface area contributed by atoms with Crippen LogP contribution in [0.5, 0.6) is 0 Å². The lowest BCUT2D eigenvalue weighted by Crippen LogP contribution is -2.15. The number of Topliss-reactive ketones (excluding diaryl/α,β-unsaturated/α-hetero) is 1. The van der Waals surface area contributed by atoms with Crippen LogP contribution in [-0.4, -0.2) is 15.4 Å². The van der Waals surface area contributed by atoms with Crippen LogP contribution in [0.4, 0.5) is 5.69 Å². The van der Waals surface area contributed by atoms with Gasteiger partial charge >= 0.3 is 0 Å². The van der Waals surface area contributed by atoms with E-state index in [0.717, 1.165) is 0 Å². The fraction of sp³-hybridized carbons (Fsp3) is 0.111. The van der Waals surface area contributed by atoms with Crippen molar-refractivity contribution >= 4 is 22.5 Å². The van der Waals surface area contributed by atoms with E-state index >= 15 is 0 Å². The molecule has 1 aromatic carbocycles. The molecule has 0 unspecified atom stereocenters. The zero-order valence-electron chi connectivity index (χ0n) is 7.69. The Morgan fingerprint density at radius 1 is 1.50 bits per heavy atom. The molecule has 0 radical (unpaired) electrons. The molecule has 4 N–H and O–H groups in total. The summed E-state index contributed by atoms with van der Waals surface area (Å²) >= 11 is 0. The fourth-order valence-corrected chi connectivity index (χ4v) is 1.36. The van der Waals surface area contributed by atoms with E-state index in [1.807, 2.05) is 0 Å². The van der Waals surface area contributed by atoms with Crippen LogP contribution in [0.1, 0.15) is 17.5 Å². The first-order valence-corrected chi connectivity index (χ1v) is 4.13. The molecule has 0 saturated heterocycles. The molecule has 1 heterocycles.